The number of benzene rings is 4. The van der Waals surface area contributed by atoms with Crippen molar-refractivity contribution >= 4 is 11.4 Å². The van der Waals surface area contributed by atoms with Crippen LogP contribution in [0.2, 0.25) is 0 Å². The molecule has 4 nitrogen and oxygen atoms in total. The lowest BCUT2D eigenvalue weighted by molar-refractivity contribution is 1.25. The Kier molecular flexibility index (Phi) is 7.06. The van der Waals surface area contributed by atoms with Gasteiger partial charge in [-0.25, -0.2) is 9.97 Å². The van der Waals surface area contributed by atoms with Crippen LogP contribution in [0.5, 0.6) is 0 Å². The zero-order chi connectivity index (χ0) is 27.3. The fourth-order valence-corrected chi connectivity index (χ4v) is 4.88. The van der Waals surface area contributed by atoms with E-state index in [1.165, 1.54) is 0 Å². The van der Waals surface area contributed by atoms with Gasteiger partial charge in [-0.2, -0.15) is 0 Å². The van der Waals surface area contributed by atoms with Crippen molar-refractivity contribution in [3.05, 3.63) is 133 Å². The Bertz CT molecular complexity index is 1630. The minimum Gasteiger partial charge on any atom is -0.388 e. The summed E-state index contributed by atoms with van der Waals surface area (Å²) < 4.78 is 0. The van der Waals surface area contributed by atoms with Crippen LogP contribution in [-0.4, -0.2) is 24.1 Å². The molecule has 0 spiro atoms. The van der Waals surface area contributed by atoms with E-state index in [4.69, 9.17) is 9.97 Å². The first-order valence-electron chi connectivity index (χ1n) is 13.4. The second kappa shape index (κ2) is 11.3. The molecule has 0 saturated carbocycles. The largest absolute Gasteiger partial charge is 0.388 e. The van der Waals surface area contributed by atoms with Crippen LogP contribution in [0.25, 0.3) is 56.2 Å². The third kappa shape index (κ3) is 5.33. The number of hydrogen-bond acceptors (Lipinski definition) is 4. The highest BCUT2D eigenvalue weighted by Crippen LogP contribution is 2.34. The zero-order valence-corrected chi connectivity index (χ0v) is 22.6. The quantitative estimate of drug-likeness (QED) is 0.222. The van der Waals surface area contributed by atoms with Gasteiger partial charge in [0.05, 0.1) is 22.8 Å². The van der Waals surface area contributed by atoms with Crippen LogP contribution in [-0.2, 0) is 0 Å². The van der Waals surface area contributed by atoms with Crippen LogP contribution < -0.4 is 10.6 Å². The van der Waals surface area contributed by atoms with Gasteiger partial charge in [0, 0.05) is 36.6 Å². The van der Waals surface area contributed by atoms with Gasteiger partial charge in [-0.1, -0.05) is 84.9 Å². The molecule has 194 valence electrons. The van der Waals surface area contributed by atoms with Gasteiger partial charge in [-0.15, -0.1) is 0 Å². The molecule has 4 aromatic carbocycles. The summed E-state index contributed by atoms with van der Waals surface area (Å²) in [7, 11) is 3.86. The predicted molar refractivity (Wildman–Crippen MR) is 168 cm³/mol. The molecular formula is C36H30N4. The first kappa shape index (κ1) is 25.1. The molecule has 0 aliphatic rings. The van der Waals surface area contributed by atoms with Crippen molar-refractivity contribution in [1.29, 1.82) is 0 Å². The SMILES string of the molecule is CNc1cccc(-c2cc(-c3ccccc3)cc(-c3cc(-c4ccccc4)cc(-c4cccc(NC)c4)n3)n2)c1. The summed E-state index contributed by atoms with van der Waals surface area (Å²) in [4.78, 5) is 10.4. The average Bonchev–Trinajstić information content (AvgIpc) is 3.05. The number of anilines is 2. The Balaban J connectivity index is 1.58. The number of nitrogens with one attached hydrogen (secondary N) is 2. The normalized spacial score (nSPS) is 10.8. The van der Waals surface area contributed by atoms with Crippen molar-refractivity contribution in [2.75, 3.05) is 24.7 Å². The minimum atomic E-state index is 0.829. The second-order valence-corrected chi connectivity index (χ2v) is 9.65. The van der Waals surface area contributed by atoms with Crippen molar-refractivity contribution in [3.8, 4) is 56.2 Å². The number of aromatic nitrogens is 2. The predicted octanol–water partition coefficient (Wildman–Crippen LogP) is 8.90. The molecule has 0 saturated heterocycles. The molecule has 0 amide bonds. The van der Waals surface area contributed by atoms with Crippen molar-refractivity contribution in [1.82, 2.24) is 9.97 Å². The van der Waals surface area contributed by atoms with Crippen LogP contribution in [0.3, 0.4) is 0 Å². The molecular weight excluding hydrogens is 488 g/mol. The lowest BCUT2D eigenvalue weighted by Gasteiger charge is -2.14. The molecule has 0 unspecified atom stereocenters. The van der Waals surface area contributed by atoms with Crippen molar-refractivity contribution in [2.24, 2.45) is 0 Å². The standard InChI is InChI=1S/C36H30N4/c1-37-31-17-9-15-27(19-31)33-21-29(25-11-5-3-6-12-25)23-35(39-33)36-24-30(26-13-7-4-8-14-26)22-34(40-36)28-16-10-18-32(20-28)38-2/h3-24,37-38H,1-2H3. The Morgan fingerprint density at radius 2 is 0.725 bits per heavy atom. The van der Waals surface area contributed by atoms with E-state index in [9.17, 15) is 0 Å². The fraction of sp³-hybridized carbons (Fsp3) is 0.0556. The van der Waals surface area contributed by atoms with Crippen LogP contribution >= 0.6 is 0 Å². The first-order chi connectivity index (χ1) is 19.7. The summed E-state index contributed by atoms with van der Waals surface area (Å²) in [5, 5.41) is 6.49. The van der Waals surface area contributed by atoms with Gasteiger partial charge < -0.3 is 10.6 Å². The van der Waals surface area contributed by atoms with Crippen molar-refractivity contribution in [3.63, 3.8) is 0 Å². The lowest BCUT2D eigenvalue weighted by Crippen LogP contribution is -1.96. The van der Waals surface area contributed by atoms with E-state index in [1.54, 1.807) is 0 Å². The summed E-state index contributed by atoms with van der Waals surface area (Å²) in [6.07, 6.45) is 0. The number of nitrogens with zero attached hydrogens (tertiary/aromatic N) is 2. The van der Waals surface area contributed by atoms with E-state index in [0.717, 1.165) is 67.5 Å². The topological polar surface area (TPSA) is 49.8 Å². The molecule has 0 radical (unpaired) electrons. The third-order valence-electron chi connectivity index (χ3n) is 7.02. The van der Waals surface area contributed by atoms with Gasteiger partial charge >= 0.3 is 0 Å². The Morgan fingerprint density at radius 1 is 0.350 bits per heavy atom. The zero-order valence-electron chi connectivity index (χ0n) is 22.6. The van der Waals surface area contributed by atoms with Crippen molar-refractivity contribution < 1.29 is 0 Å². The van der Waals surface area contributed by atoms with E-state index >= 15 is 0 Å². The maximum absolute atomic E-state index is 5.18. The van der Waals surface area contributed by atoms with Gasteiger partial charge in [-0.3, -0.25) is 0 Å². The molecule has 2 N–H and O–H groups in total. The van der Waals surface area contributed by atoms with Crippen LogP contribution in [0.1, 0.15) is 0 Å². The van der Waals surface area contributed by atoms with Gasteiger partial charge in [-0.05, 0) is 70.8 Å². The summed E-state index contributed by atoms with van der Waals surface area (Å²) in [6.45, 7) is 0. The minimum absolute atomic E-state index is 0.829. The molecule has 6 rings (SSSR count). The van der Waals surface area contributed by atoms with Crippen LogP contribution in [0.4, 0.5) is 11.4 Å². The lowest BCUT2D eigenvalue weighted by atomic mass is 9.98. The highest BCUT2D eigenvalue weighted by atomic mass is 14.8. The summed E-state index contributed by atoms with van der Waals surface area (Å²) in [6, 6.07) is 46.2. The molecule has 0 aliphatic carbocycles. The van der Waals surface area contributed by atoms with Gasteiger partial charge in [0.15, 0.2) is 0 Å². The molecule has 0 bridgehead atoms. The maximum atomic E-state index is 5.18. The highest BCUT2D eigenvalue weighted by Gasteiger charge is 2.14. The van der Waals surface area contributed by atoms with Gasteiger partial charge in [0.25, 0.3) is 0 Å². The van der Waals surface area contributed by atoms with Crippen LogP contribution in [0, 0.1) is 0 Å². The number of hydrogen-bond donors (Lipinski definition) is 2. The highest BCUT2D eigenvalue weighted by molar-refractivity contribution is 5.80. The third-order valence-corrected chi connectivity index (χ3v) is 7.02. The summed E-state index contributed by atoms with van der Waals surface area (Å²) >= 11 is 0. The van der Waals surface area contributed by atoms with Crippen LogP contribution in [0.15, 0.2) is 133 Å². The number of pyridine rings is 2. The van der Waals surface area contributed by atoms with E-state index in [0.29, 0.717) is 0 Å². The summed E-state index contributed by atoms with van der Waals surface area (Å²) in [5.41, 5.74) is 12.1. The Labute approximate surface area is 235 Å². The molecule has 40 heavy (non-hydrogen) atoms. The maximum Gasteiger partial charge on any atom is 0.0900 e. The smallest absolute Gasteiger partial charge is 0.0900 e. The molecule has 4 heteroatoms. The van der Waals surface area contributed by atoms with E-state index in [1.807, 2.05) is 26.2 Å². The Morgan fingerprint density at radius 3 is 1.12 bits per heavy atom. The van der Waals surface area contributed by atoms with Gasteiger partial charge in [0.2, 0.25) is 0 Å². The molecule has 6 aromatic rings. The van der Waals surface area contributed by atoms with E-state index in [2.05, 4.69) is 132 Å². The molecule has 2 heterocycles. The van der Waals surface area contributed by atoms with E-state index < -0.39 is 0 Å². The number of rotatable bonds is 7. The summed E-state index contributed by atoms with van der Waals surface area (Å²) in [5.74, 6) is 0. The first-order valence-corrected chi connectivity index (χ1v) is 13.4. The Hall–Kier alpha value is -5.22. The fourth-order valence-electron chi connectivity index (χ4n) is 4.88. The second-order valence-electron chi connectivity index (χ2n) is 9.65. The van der Waals surface area contributed by atoms with E-state index in [-0.39, 0.29) is 0 Å². The average molecular weight is 519 g/mol. The molecule has 0 fully saturated rings. The van der Waals surface area contributed by atoms with Crippen molar-refractivity contribution in [2.45, 2.75) is 0 Å². The molecule has 0 atom stereocenters. The molecule has 0 aliphatic heterocycles. The monoisotopic (exact) mass is 518 g/mol. The molecule has 2 aromatic heterocycles. The van der Waals surface area contributed by atoms with Gasteiger partial charge in [0.1, 0.15) is 0 Å².